The molecule has 1 amide bonds. The summed E-state index contributed by atoms with van der Waals surface area (Å²) in [6, 6.07) is 8.19. The van der Waals surface area contributed by atoms with Crippen LogP contribution in [0.5, 0.6) is 0 Å². The molecule has 1 atom stereocenters. The van der Waals surface area contributed by atoms with E-state index in [1.165, 1.54) is 12.3 Å². The third-order valence-electron chi connectivity index (χ3n) is 6.10. The summed E-state index contributed by atoms with van der Waals surface area (Å²) in [5.74, 6) is -0.802. The topological polar surface area (TPSA) is 74.8 Å². The molecular weight excluding hydrogens is 425 g/mol. The first-order valence-corrected chi connectivity index (χ1v) is 10.1. The van der Waals surface area contributed by atoms with Gasteiger partial charge in [0.25, 0.3) is 0 Å². The van der Waals surface area contributed by atoms with Crippen LogP contribution in [0.25, 0.3) is 11.3 Å². The van der Waals surface area contributed by atoms with E-state index < -0.39 is 27.0 Å². The van der Waals surface area contributed by atoms with Gasteiger partial charge in [0, 0.05) is 35.5 Å². The first-order chi connectivity index (χ1) is 15.3. The van der Waals surface area contributed by atoms with E-state index in [-0.39, 0.29) is 17.4 Å². The molecule has 1 N–H and O–H groups in total. The number of piperidine rings is 1. The van der Waals surface area contributed by atoms with Gasteiger partial charge in [-0.3, -0.25) is 14.9 Å². The molecule has 146 valence electrons. The molecule has 0 bridgehead atoms. The summed E-state index contributed by atoms with van der Waals surface area (Å²) in [5.41, 5.74) is 1.81. The van der Waals surface area contributed by atoms with Gasteiger partial charge < -0.3 is 4.90 Å². The van der Waals surface area contributed by atoms with E-state index in [0.29, 0.717) is 11.3 Å². The molecule has 0 unspecified atom stereocenters. The van der Waals surface area contributed by atoms with Crippen molar-refractivity contribution in [3.05, 3.63) is 59.6 Å². The second kappa shape index (κ2) is 7.90. The van der Waals surface area contributed by atoms with Crippen molar-refractivity contribution in [3.8, 4) is 11.3 Å². The Hall–Kier alpha value is -2.28. The second-order valence-corrected chi connectivity index (χ2v) is 8.60. The zero-order valence-corrected chi connectivity index (χ0v) is 18.2. The average molecular weight is 436 g/mol. The molecule has 1 aliphatic rings. The summed E-state index contributed by atoms with van der Waals surface area (Å²) in [7, 11) is 44.5. The number of halogens is 1. The van der Waals surface area contributed by atoms with Gasteiger partial charge in [0.05, 0.1) is 60.6 Å². The number of carbonyl (C=O) groups excluding carboxylic acids is 1. The Morgan fingerprint density at radius 2 is 1.64 bits per heavy atom. The molecule has 3 aromatic rings. The van der Waals surface area contributed by atoms with Gasteiger partial charge >= 0.3 is 0 Å². The lowest BCUT2D eigenvalue weighted by atomic mass is 9.12. The first kappa shape index (κ1) is 23.9. The molecule has 33 heavy (non-hydrogen) atoms. The Morgan fingerprint density at radius 3 is 2.24 bits per heavy atom. The summed E-state index contributed by atoms with van der Waals surface area (Å²) < 4.78 is 0. The van der Waals surface area contributed by atoms with Gasteiger partial charge in [0.15, 0.2) is 5.82 Å². The number of amides is 1. The molecule has 1 saturated heterocycles. The van der Waals surface area contributed by atoms with Crippen LogP contribution in [0.15, 0.2) is 48.9 Å². The Labute approximate surface area is 206 Å². The highest BCUT2D eigenvalue weighted by Crippen LogP contribution is 2.67. The van der Waals surface area contributed by atoms with Crippen molar-refractivity contribution in [2.24, 2.45) is 0 Å². The lowest BCUT2D eigenvalue weighted by Crippen LogP contribution is -2.74. The van der Waals surface area contributed by atoms with Crippen molar-refractivity contribution in [3.63, 3.8) is 0 Å². The number of H-pyrrole nitrogens is 1. The Balaban J connectivity index is 1.83. The van der Waals surface area contributed by atoms with Gasteiger partial charge in [0.1, 0.15) is 5.15 Å². The normalized spacial score (nSPS) is 23.3. The number of carbonyl (C=O) groups is 1. The monoisotopic (exact) mass is 437 g/mol. The molecule has 0 aromatic carbocycles. The quantitative estimate of drug-likeness (QED) is 0.473. The van der Waals surface area contributed by atoms with E-state index in [2.05, 4.69) is 20.2 Å². The SMILES string of the molecule is [B]C1([B])N(c2cc(-c3ccncc3)[nH]n2)C(=O)[C@]([B])(Cc2ccc(Cl)nc2)C([B])([B])C1([B])[B]. The lowest BCUT2D eigenvalue weighted by molar-refractivity contribution is -0.124. The predicted octanol–water partition coefficient (Wildman–Crippen LogP) is 0.334. The van der Waals surface area contributed by atoms with Crippen LogP contribution in [0.3, 0.4) is 0 Å². The molecule has 0 saturated carbocycles. The molecule has 0 spiro atoms. The number of nitrogens with one attached hydrogen (secondary N) is 1. The number of anilines is 1. The summed E-state index contributed by atoms with van der Waals surface area (Å²) in [4.78, 5) is 22.7. The third kappa shape index (κ3) is 3.51. The smallest absolute Gasteiger partial charge is 0.223 e. The van der Waals surface area contributed by atoms with Gasteiger partial charge in [-0.15, -0.1) is 10.4 Å². The van der Waals surface area contributed by atoms with Crippen molar-refractivity contribution in [1.29, 1.82) is 0 Å². The molecule has 6 nitrogen and oxygen atoms in total. The average Bonchev–Trinajstić information content (AvgIpc) is 3.24. The van der Waals surface area contributed by atoms with Crippen LogP contribution >= 0.6 is 11.6 Å². The minimum absolute atomic E-state index is 0.0247. The van der Waals surface area contributed by atoms with Crippen molar-refractivity contribution < 1.29 is 4.79 Å². The number of aromatic amines is 1. The fourth-order valence-electron chi connectivity index (χ4n) is 3.88. The first-order valence-electron chi connectivity index (χ1n) is 9.76. The number of hydrogen-bond donors (Lipinski definition) is 1. The molecule has 1 fully saturated rings. The van der Waals surface area contributed by atoms with Crippen LogP contribution in [-0.4, -0.2) is 86.3 Å². The molecular formula is C19H11B7ClN5O. The highest BCUT2D eigenvalue weighted by molar-refractivity contribution is 6.67. The Kier molecular flexibility index (Phi) is 5.71. The van der Waals surface area contributed by atoms with Gasteiger partial charge in [-0.1, -0.05) is 17.7 Å². The van der Waals surface area contributed by atoms with Crippen molar-refractivity contribution >= 4 is 78.2 Å². The number of aromatic nitrogens is 4. The maximum atomic E-state index is 13.8. The van der Waals surface area contributed by atoms with E-state index >= 15 is 0 Å². The van der Waals surface area contributed by atoms with Gasteiger partial charge in [-0.25, -0.2) is 4.98 Å². The van der Waals surface area contributed by atoms with Crippen molar-refractivity contribution in [2.75, 3.05) is 4.90 Å². The van der Waals surface area contributed by atoms with Crippen LogP contribution < -0.4 is 4.90 Å². The zero-order valence-electron chi connectivity index (χ0n) is 17.4. The van der Waals surface area contributed by atoms with Crippen LogP contribution in [0.1, 0.15) is 5.56 Å². The van der Waals surface area contributed by atoms with E-state index in [1.807, 2.05) is 0 Å². The van der Waals surface area contributed by atoms with E-state index in [1.54, 1.807) is 36.7 Å². The maximum absolute atomic E-state index is 13.8. The van der Waals surface area contributed by atoms with E-state index in [4.69, 9.17) is 66.5 Å². The van der Waals surface area contributed by atoms with Gasteiger partial charge in [0.2, 0.25) is 5.91 Å². The van der Waals surface area contributed by atoms with Crippen LogP contribution in [0, 0.1) is 0 Å². The summed E-state index contributed by atoms with van der Waals surface area (Å²) >= 11 is 5.86. The minimum Gasteiger partial charge on any atom is -0.308 e. The number of pyridine rings is 2. The fraction of sp³-hybridized carbons (Fsp3) is 0.263. The molecule has 14 radical (unpaired) electrons. The maximum Gasteiger partial charge on any atom is 0.223 e. The molecule has 14 heteroatoms. The number of nitrogens with zero attached hydrogens (tertiary/aromatic N) is 4. The van der Waals surface area contributed by atoms with Gasteiger partial charge in [-0.05, 0) is 35.5 Å². The van der Waals surface area contributed by atoms with E-state index in [0.717, 1.165) is 10.5 Å². The summed E-state index contributed by atoms with van der Waals surface area (Å²) in [5, 5.41) is -1.58. The fourth-order valence-corrected chi connectivity index (χ4v) is 4.00. The van der Waals surface area contributed by atoms with Crippen LogP contribution in [-0.2, 0) is 11.2 Å². The predicted molar refractivity (Wildman–Crippen MR) is 133 cm³/mol. The number of hydrogen-bond acceptors (Lipinski definition) is 4. The van der Waals surface area contributed by atoms with Crippen molar-refractivity contribution in [2.45, 2.75) is 27.5 Å². The lowest BCUT2D eigenvalue weighted by Gasteiger charge is -2.70. The zero-order chi connectivity index (χ0) is 24.2. The second-order valence-electron chi connectivity index (χ2n) is 8.22. The highest BCUT2D eigenvalue weighted by atomic mass is 35.5. The Morgan fingerprint density at radius 1 is 0.970 bits per heavy atom. The van der Waals surface area contributed by atoms with Gasteiger partial charge in [-0.2, -0.15) is 5.10 Å². The molecule has 4 rings (SSSR count). The largest absolute Gasteiger partial charge is 0.308 e. The molecule has 3 aromatic heterocycles. The molecule has 1 aliphatic heterocycles. The van der Waals surface area contributed by atoms with Crippen LogP contribution in [0.2, 0.25) is 20.9 Å². The standard InChI is InChI=1S/C19H11B7ClN5O/c20-16(8-10-1-2-13(27)29-9-10)15(33)32(19(25,26)18(23,24)17(16,21)22)14-7-12(30-31-14)11-3-5-28-6-4-11/h1-7,9H,8H2,(H,30,31)/t16-/m1/s1. The van der Waals surface area contributed by atoms with Crippen LogP contribution in [0.4, 0.5) is 5.82 Å². The third-order valence-corrected chi connectivity index (χ3v) is 6.32. The Bertz CT molecular complexity index is 1190. The number of rotatable bonds is 4. The minimum atomic E-state index is -2.27. The highest BCUT2D eigenvalue weighted by Gasteiger charge is 2.64. The molecule has 0 aliphatic carbocycles. The summed E-state index contributed by atoms with van der Waals surface area (Å²) in [6.07, 6.45) is 4.45. The summed E-state index contributed by atoms with van der Waals surface area (Å²) in [6.45, 7) is 0. The molecule has 4 heterocycles. The van der Waals surface area contributed by atoms with E-state index in [9.17, 15) is 4.79 Å². The van der Waals surface area contributed by atoms with Crippen molar-refractivity contribution in [1.82, 2.24) is 20.2 Å².